The van der Waals surface area contributed by atoms with E-state index in [9.17, 15) is 9.59 Å². The summed E-state index contributed by atoms with van der Waals surface area (Å²) in [7, 11) is 0. The van der Waals surface area contributed by atoms with Crippen LogP contribution in [0, 0.1) is 6.92 Å². The van der Waals surface area contributed by atoms with Crippen LogP contribution in [0.5, 0.6) is 11.5 Å². The fourth-order valence-corrected chi connectivity index (χ4v) is 5.35. The van der Waals surface area contributed by atoms with Gasteiger partial charge in [-0.1, -0.05) is 60.3 Å². The van der Waals surface area contributed by atoms with Crippen LogP contribution < -0.4 is 14.8 Å². The van der Waals surface area contributed by atoms with E-state index >= 15 is 0 Å². The molecular formula is C28H27N3O5S. The van der Waals surface area contributed by atoms with E-state index in [1.165, 1.54) is 17.8 Å². The third kappa shape index (κ3) is 5.13. The van der Waals surface area contributed by atoms with Crippen molar-refractivity contribution in [2.75, 3.05) is 13.4 Å². The number of aryl methyl sites for hydroxylation is 1. The van der Waals surface area contributed by atoms with Gasteiger partial charge in [0.2, 0.25) is 12.7 Å². The van der Waals surface area contributed by atoms with Crippen molar-refractivity contribution in [3.05, 3.63) is 94.2 Å². The molecule has 190 valence electrons. The summed E-state index contributed by atoms with van der Waals surface area (Å²) in [5.74, 6) is 0.785. The second-order valence-corrected chi connectivity index (χ2v) is 9.67. The van der Waals surface area contributed by atoms with Crippen molar-refractivity contribution in [2.24, 2.45) is 4.99 Å². The fourth-order valence-electron chi connectivity index (χ4n) is 4.39. The topological polar surface area (TPSA) is 89.5 Å². The van der Waals surface area contributed by atoms with Crippen LogP contribution in [0.2, 0.25) is 0 Å². The maximum Gasteiger partial charge on any atom is 0.338 e. The van der Waals surface area contributed by atoms with Gasteiger partial charge in [-0.15, -0.1) is 0 Å². The number of rotatable bonds is 8. The summed E-state index contributed by atoms with van der Waals surface area (Å²) in [5, 5.41) is 5.62. The number of carbonyl (C=O) groups is 2. The Bertz CT molecular complexity index is 1350. The van der Waals surface area contributed by atoms with Crippen LogP contribution in [0.1, 0.15) is 36.1 Å². The lowest BCUT2D eigenvalue weighted by atomic mass is 9.93. The summed E-state index contributed by atoms with van der Waals surface area (Å²) >= 11 is 1.44. The van der Waals surface area contributed by atoms with Gasteiger partial charge in [0.15, 0.2) is 16.7 Å². The Balaban J connectivity index is 1.36. The molecule has 0 aliphatic carbocycles. The van der Waals surface area contributed by atoms with Crippen molar-refractivity contribution in [1.29, 1.82) is 0 Å². The summed E-state index contributed by atoms with van der Waals surface area (Å²) in [6.07, 6.45) is 1.67. The molecule has 8 nitrogen and oxygen atoms in total. The summed E-state index contributed by atoms with van der Waals surface area (Å²) in [6, 6.07) is 13.1. The molecule has 1 amide bonds. The molecule has 9 heteroatoms. The second kappa shape index (κ2) is 10.6. The van der Waals surface area contributed by atoms with Crippen LogP contribution in [0.4, 0.5) is 0 Å². The van der Waals surface area contributed by atoms with Crippen molar-refractivity contribution >= 4 is 28.8 Å². The van der Waals surface area contributed by atoms with E-state index in [1.54, 1.807) is 0 Å². The van der Waals surface area contributed by atoms with Crippen LogP contribution in [0.3, 0.4) is 0 Å². The normalized spacial score (nSPS) is 17.7. The average Bonchev–Trinajstić information content (AvgIpc) is 3.52. The highest BCUT2D eigenvalue weighted by atomic mass is 32.2. The Morgan fingerprint density at radius 3 is 2.76 bits per heavy atom. The zero-order chi connectivity index (χ0) is 25.9. The summed E-state index contributed by atoms with van der Waals surface area (Å²) in [6.45, 7) is 8.13. The zero-order valence-corrected chi connectivity index (χ0v) is 21.5. The second-order valence-electron chi connectivity index (χ2n) is 8.83. The van der Waals surface area contributed by atoms with Gasteiger partial charge in [-0.25, -0.2) is 9.79 Å². The maximum atomic E-state index is 13.1. The fraction of sp³-hybridized carbons (Fsp3) is 0.250. The number of amides is 1. The lowest BCUT2D eigenvalue weighted by Gasteiger charge is -2.36. The third-order valence-corrected chi connectivity index (χ3v) is 7.10. The first-order valence-electron chi connectivity index (χ1n) is 11.9. The smallest absolute Gasteiger partial charge is 0.338 e. The molecule has 0 radical (unpaired) electrons. The first kappa shape index (κ1) is 24.7. The van der Waals surface area contributed by atoms with E-state index in [0.717, 1.165) is 27.6 Å². The Labute approximate surface area is 219 Å². The molecule has 37 heavy (non-hydrogen) atoms. The highest BCUT2D eigenvalue weighted by molar-refractivity contribution is 8.16. The molecule has 1 N–H and O–H groups in total. The van der Waals surface area contributed by atoms with Crippen molar-refractivity contribution < 1.29 is 23.8 Å². The number of nitrogens with zero attached hydrogens (tertiary/aromatic N) is 2. The SMILES string of the molecule is C=CCOC(=O)C1=C(C)N=C2SC=C(CC(=O)NCc3ccc4c(c3)OCO4)N2C1c1ccc(C)cc1. The molecule has 0 saturated heterocycles. The van der Waals surface area contributed by atoms with Crippen LogP contribution >= 0.6 is 11.8 Å². The van der Waals surface area contributed by atoms with Gasteiger partial charge >= 0.3 is 5.97 Å². The average molecular weight is 518 g/mol. The van der Waals surface area contributed by atoms with Crippen LogP contribution in [0.25, 0.3) is 0 Å². The van der Waals surface area contributed by atoms with Crippen LogP contribution in [-0.2, 0) is 20.9 Å². The zero-order valence-electron chi connectivity index (χ0n) is 20.7. The molecule has 0 spiro atoms. The number of hydrogen-bond donors (Lipinski definition) is 1. The van der Waals surface area contributed by atoms with Gasteiger partial charge in [0.25, 0.3) is 0 Å². The number of carbonyl (C=O) groups excluding carboxylic acids is 2. The number of hydrogen-bond acceptors (Lipinski definition) is 8. The van der Waals surface area contributed by atoms with Gasteiger partial charge in [0.05, 0.1) is 23.7 Å². The van der Waals surface area contributed by atoms with Gasteiger partial charge < -0.3 is 24.4 Å². The molecule has 0 aromatic heterocycles. The minimum atomic E-state index is -0.465. The highest BCUT2D eigenvalue weighted by Crippen LogP contribution is 2.45. The predicted octanol–water partition coefficient (Wildman–Crippen LogP) is 4.73. The van der Waals surface area contributed by atoms with E-state index < -0.39 is 12.0 Å². The quantitative estimate of drug-likeness (QED) is 0.400. The van der Waals surface area contributed by atoms with E-state index in [1.807, 2.05) is 66.6 Å². The van der Waals surface area contributed by atoms with Gasteiger partial charge in [0, 0.05) is 12.2 Å². The summed E-state index contributed by atoms with van der Waals surface area (Å²) < 4.78 is 16.2. The molecule has 3 aliphatic heterocycles. The lowest BCUT2D eigenvalue weighted by molar-refractivity contribution is -0.138. The number of esters is 1. The van der Waals surface area contributed by atoms with E-state index in [-0.39, 0.29) is 25.7 Å². The maximum absolute atomic E-state index is 13.1. The molecule has 3 heterocycles. The number of benzene rings is 2. The molecule has 1 unspecified atom stereocenters. The highest BCUT2D eigenvalue weighted by Gasteiger charge is 2.41. The molecule has 1 atom stereocenters. The molecule has 5 rings (SSSR count). The van der Waals surface area contributed by atoms with Crippen molar-refractivity contribution in [3.8, 4) is 11.5 Å². The number of ether oxygens (including phenoxy) is 3. The van der Waals surface area contributed by atoms with Crippen LogP contribution in [0.15, 0.2) is 82.5 Å². The lowest BCUT2D eigenvalue weighted by Crippen LogP contribution is -2.38. The molecule has 3 aliphatic rings. The van der Waals surface area contributed by atoms with Crippen LogP contribution in [-0.4, -0.2) is 35.3 Å². The minimum Gasteiger partial charge on any atom is -0.458 e. The first-order valence-corrected chi connectivity index (χ1v) is 12.8. The number of amidine groups is 1. The summed E-state index contributed by atoms with van der Waals surface area (Å²) in [4.78, 5) is 32.8. The van der Waals surface area contributed by atoms with Crippen molar-refractivity contribution in [2.45, 2.75) is 32.9 Å². The van der Waals surface area contributed by atoms with E-state index in [2.05, 4.69) is 16.9 Å². The first-order chi connectivity index (χ1) is 17.9. The molecule has 2 aromatic carbocycles. The Morgan fingerprint density at radius 2 is 1.97 bits per heavy atom. The van der Waals surface area contributed by atoms with Gasteiger partial charge in [-0.3, -0.25) is 4.79 Å². The Hall–Kier alpha value is -3.98. The molecule has 2 aromatic rings. The summed E-state index contributed by atoms with van der Waals surface area (Å²) in [5.41, 5.74) is 4.75. The predicted molar refractivity (Wildman–Crippen MR) is 142 cm³/mol. The molecule has 0 bridgehead atoms. The van der Waals surface area contributed by atoms with Gasteiger partial charge in [0.1, 0.15) is 6.61 Å². The third-order valence-electron chi connectivity index (χ3n) is 6.21. The molecule has 0 saturated carbocycles. The molecule has 0 fully saturated rings. The van der Waals surface area contributed by atoms with E-state index in [0.29, 0.717) is 29.3 Å². The largest absolute Gasteiger partial charge is 0.458 e. The Morgan fingerprint density at radius 1 is 1.19 bits per heavy atom. The van der Waals surface area contributed by atoms with Gasteiger partial charge in [-0.2, -0.15) is 0 Å². The molecular weight excluding hydrogens is 490 g/mol. The Kier molecular flexibility index (Phi) is 7.05. The number of nitrogens with one attached hydrogen (secondary N) is 1. The van der Waals surface area contributed by atoms with Crippen molar-refractivity contribution in [3.63, 3.8) is 0 Å². The monoisotopic (exact) mass is 517 g/mol. The standard InChI is InChI=1S/C28H27N3O5S/c1-4-11-34-27(33)25-18(3)30-28-31(26(25)20-8-5-17(2)6-9-20)21(15-37-28)13-24(32)29-14-19-7-10-22-23(12-19)36-16-35-22/h4-10,12,15,26H,1,11,13-14,16H2,2-3H3,(H,29,32). The number of fused-ring (bicyclic) bond motifs is 2. The number of allylic oxidation sites excluding steroid dienone is 1. The van der Waals surface area contributed by atoms with E-state index in [4.69, 9.17) is 14.2 Å². The van der Waals surface area contributed by atoms with Gasteiger partial charge in [-0.05, 0) is 42.5 Å². The van der Waals surface area contributed by atoms with Crippen molar-refractivity contribution in [1.82, 2.24) is 10.2 Å². The minimum absolute atomic E-state index is 0.104. The number of thioether (sulfide) groups is 1. The number of aliphatic imine (C=N–C) groups is 1.